The minimum absolute atomic E-state index is 0.317. The highest BCUT2D eigenvalue weighted by Gasteiger charge is 1.95. The number of hydrogen-bond donors (Lipinski definition) is 1. The first kappa shape index (κ1) is 16.2. The van der Waals surface area contributed by atoms with Gasteiger partial charge in [-0.05, 0) is 32.4 Å². The van der Waals surface area contributed by atoms with Crippen molar-refractivity contribution in [3.05, 3.63) is 12.7 Å². The Kier molecular flexibility index (Phi) is 12.6. The van der Waals surface area contributed by atoms with Crippen LogP contribution in [0, 0.1) is 0 Å². The highest BCUT2D eigenvalue weighted by atomic mass is 16.5. The molecule has 3 heteroatoms. The summed E-state index contributed by atoms with van der Waals surface area (Å²) in [6.07, 6.45) is 9.59. The number of rotatable bonds is 12. The van der Waals surface area contributed by atoms with Gasteiger partial charge in [-0.15, -0.1) is 0 Å². The minimum Gasteiger partial charge on any atom is -0.463 e. The Hall–Kier alpha value is -0.830. The molecule has 1 N–H and O–H groups in total. The summed E-state index contributed by atoms with van der Waals surface area (Å²) in [5.41, 5.74) is 0. The molecule has 0 aromatic carbocycles. The van der Waals surface area contributed by atoms with Crippen molar-refractivity contribution in [3.8, 4) is 0 Å². The lowest BCUT2D eigenvalue weighted by molar-refractivity contribution is -0.137. The predicted octanol–water partition coefficient (Wildman–Crippen LogP) is 3.06. The zero-order valence-corrected chi connectivity index (χ0v) is 11.2. The van der Waals surface area contributed by atoms with E-state index in [4.69, 9.17) is 4.74 Å². The highest BCUT2D eigenvalue weighted by molar-refractivity contribution is 5.81. The Labute approximate surface area is 106 Å². The third-order valence-corrected chi connectivity index (χ3v) is 2.62. The van der Waals surface area contributed by atoms with E-state index in [1.807, 2.05) is 0 Å². The van der Waals surface area contributed by atoms with Crippen molar-refractivity contribution in [1.29, 1.82) is 0 Å². The first-order valence-electron chi connectivity index (χ1n) is 6.81. The fourth-order valence-corrected chi connectivity index (χ4v) is 1.56. The van der Waals surface area contributed by atoms with Gasteiger partial charge in [0, 0.05) is 6.08 Å². The number of hydrogen-bond acceptors (Lipinski definition) is 3. The average molecular weight is 241 g/mol. The molecule has 0 rings (SSSR count). The Bertz CT molecular complexity index is 193. The predicted molar refractivity (Wildman–Crippen MR) is 72.0 cm³/mol. The maximum atomic E-state index is 10.7. The van der Waals surface area contributed by atoms with E-state index in [2.05, 4.69) is 18.8 Å². The Morgan fingerprint density at radius 1 is 1.12 bits per heavy atom. The van der Waals surface area contributed by atoms with Crippen molar-refractivity contribution in [3.63, 3.8) is 0 Å². The minimum atomic E-state index is -0.317. The van der Waals surface area contributed by atoms with Gasteiger partial charge in [0.15, 0.2) is 0 Å². The molecule has 17 heavy (non-hydrogen) atoms. The molecule has 0 aromatic rings. The third kappa shape index (κ3) is 13.1. The fourth-order valence-electron chi connectivity index (χ4n) is 1.56. The number of nitrogens with one attached hydrogen (secondary N) is 1. The number of ether oxygens (including phenoxy) is 1. The van der Waals surface area contributed by atoms with Crippen LogP contribution >= 0.6 is 0 Å². The monoisotopic (exact) mass is 241 g/mol. The van der Waals surface area contributed by atoms with Crippen molar-refractivity contribution in [2.75, 3.05) is 19.7 Å². The van der Waals surface area contributed by atoms with E-state index in [0.29, 0.717) is 6.61 Å². The number of unbranched alkanes of at least 4 members (excludes halogenated alkanes) is 5. The molecule has 0 bridgehead atoms. The zero-order valence-electron chi connectivity index (χ0n) is 11.2. The van der Waals surface area contributed by atoms with Crippen LogP contribution in [-0.2, 0) is 9.53 Å². The molecule has 0 aromatic heterocycles. The van der Waals surface area contributed by atoms with Crippen molar-refractivity contribution in [1.82, 2.24) is 5.32 Å². The molecule has 0 aliphatic heterocycles. The fraction of sp³-hybridized carbons (Fsp3) is 0.786. The first-order valence-corrected chi connectivity index (χ1v) is 6.81. The van der Waals surface area contributed by atoms with E-state index in [1.54, 1.807) is 0 Å². The Morgan fingerprint density at radius 2 is 1.76 bits per heavy atom. The second-order valence-corrected chi connectivity index (χ2v) is 4.24. The van der Waals surface area contributed by atoms with Crippen LogP contribution in [0.4, 0.5) is 0 Å². The van der Waals surface area contributed by atoms with Gasteiger partial charge in [-0.25, -0.2) is 4.79 Å². The summed E-state index contributed by atoms with van der Waals surface area (Å²) in [7, 11) is 0. The summed E-state index contributed by atoms with van der Waals surface area (Å²) < 4.78 is 4.89. The van der Waals surface area contributed by atoms with Crippen LogP contribution < -0.4 is 5.32 Å². The van der Waals surface area contributed by atoms with Crippen LogP contribution in [0.25, 0.3) is 0 Å². The number of carbonyl (C=O) groups is 1. The molecule has 0 aliphatic rings. The van der Waals surface area contributed by atoms with Gasteiger partial charge in [0.25, 0.3) is 0 Å². The van der Waals surface area contributed by atoms with Crippen molar-refractivity contribution in [2.24, 2.45) is 0 Å². The first-order chi connectivity index (χ1) is 8.31. The topological polar surface area (TPSA) is 38.3 Å². The van der Waals surface area contributed by atoms with Gasteiger partial charge in [0.2, 0.25) is 0 Å². The van der Waals surface area contributed by atoms with Crippen molar-refractivity contribution >= 4 is 5.97 Å². The van der Waals surface area contributed by atoms with Crippen molar-refractivity contribution < 1.29 is 9.53 Å². The summed E-state index contributed by atoms with van der Waals surface area (Å²) in [6.45, 7) is 8.34. The SMILES string of the molecule is C=CC(=O)OCCCCCCNCCCCC. The normalized spacial score (nSPS) is 10.2. The van der Waals surface area contributed by atoms with Gasteiger partial charge in [-0.2, -0.15) is 0 Å². The molecule has 0 atom stereocenters. The summed E-state index contributed by atoms with van der Waals surface area (Å²) in [5.74, 6) is -0.317. The zero-order chi connectivity index (χ0) is 12.8. The van der Waals surface area contributed by atoms with Crippen LogP contribution in [0.2, 0.25) is 0 Å². The second kappa shape index (κ2) is 13.2. The molecule has 0 heterocycles. The lowest BCUT2D eigenvalue weighted by Crippen LogP contribution is -2.16. The van der Waals surface area contributed by atoms with Crippen molar-refractivity contribution in [2.45, 2.75) is 51.9 Å². The summed E-state index contributed by atoms with van der Waals surface area (Å²) in [5, 5.41) is 3.44. The van der Waals surface area contributed by atoms with Gasteiger partial charge < -0.3 is 10.1 Å². The largest absolute Gasteiger partial charge is 0.463 e. The molecule has 0 amide bonds. The van der Waals surface area contributed by atoms with E-state index in [9.17, 15) is 4.79 Å². The van der Waals surface area contributed by atoms with Crippen LogP contribution in [0.1, 0.15) is 51.9 Å². The third-order valence-electron chi connectivity index (χ3n) is 2.62. The molecule has 3 nitrogen and oxygen atoms in total. The van der Waals surface area contributed by atoms with E-state index >= 15 is 0 Å². The molecule has 0 spiro atoms. The van der Waals surface area contributed by atoms with E-state index in [1.165, 1.54) is 38.2 Å². The van der Waals surface area contributed by atoms with Gasteiger partial charge in [-0.1, -0.05) is 39.2 Å². The molecule has 0 saturated carbocycles. The lowest BCUT2D eigenvalue weighted by Gasteiger charge is -2.04. The van der Waals surface area contributed by atoms with Gasteiger partial charge in [0.05, 0.1) is 6.61 Å². The summed E-state index contributed by atoms with van der Waals surface area (Å²) in [6, 6.07) is 0. The Balaban J connectivity index is 2.98. The number of carbonyl (C=O) groups excluding carboxylic acids is 1. The van der Waals surface area contributed by atoms with Gasteiger partial charge >= 0.3 is 5.97 Å². The Morgan fingerprint density at radius 3 is 2.41 bits per heavy atom. The molecular formula is C14H27NO2. The van der Waals surface area contributed by atoms with Gasteiger partial charge in [0.1, 0.15) is 0 Å². The molecular weight excluding hydrogens is 214 g/mol. The average Bonchev–Trinajstić information content (AvgIpc) is 2.35. The summed E-state index contributed by atoms with van der Waals surface area (Å²) >= 11 is 0. The molecule has 0 fully saturated rings. The lowest BCUT2D eigenvalue weighted by atomic mass is 10.2. The van der Waals surface area contributed by atoms with Crippen LogP contribution in [0.3, 0.4) is 0 Å². The van der Waals surface area contributed by atoms with E-state index in [0.717, 1.165) is 25.9 Å². The maximum absolute atomic E-state index is 10.7. The quantitative estimate of drug-likeness (QED) is 0.324. The number of esters is 1. The highest BCUT2D eigenvalue weighted by Crippen LogP contribution is 2.00. The molecule has 0 saturated heterocycles. The molecule has 100 valence electrons. The van der Waals surface area contributed by atoms with Crippen LogP contribution in [0.5, 0.6) is 0 Å². The maximum Gasteiger partial charge on any atom is 0.330 e. The summed E-state index contributed by atoms with van der Waals surface area (Å²) in [4.78, 5) is 10.7. The van der Waals surface area contributed by atoms with E-state index in [-0.39, 0.29) is 5.97 Å². The molecule has 0 radical (unpaired) electrons. The standard InChI is InChI=1S/C14H27NO2/c1-3-5-8-11-15-12-9-6-7-10-13-17-14(16)4-2/h4,15H,2-3,5-13H2,1H3. The van der Waals surface area contributed by atoms with Gasteiger partial charge in [-0.3, -0.25) is 0 Å². The van der Waals surface area contributed by atoms with Crippen LogP contribution in [0.15, 0.2) is 12.7 Å². The molecule has 0 unspecified atom stereocenters. The van der Waals surface area contributed by atoms with Crippen LogP contribution in [-0.4, -0.2) is 25.7 Å². The molecule has 0 aliphatic carbocycles. The second-order valence-electron chi connectivity index (χ2n) is 4.24. The smallest absolute Gasteiger partial charge is 0.330 e. The van der Waals surface area contributed by atoms with E-state index < -0.39 is 0 Å².